The lowest BCUT2D eigenvalue weighted by Gasteiger charge is -2.03. The molecule has 0 saturated carbocycles. The lowest BCUT2D eigenvalue weighted by molar-refractivity contribution is 0.104. The van der Waals surface area contributed by atoms with Crippen LogP contribution in [0.5, 0.6) is 5.75 Å². The zero-order chi connectivity index (χ0) is 16.2. The van der Waals surface area contributed by atoms with E-state index in [0.717, 1.165) is 16.5 Å². The number of aromatic nitrogens is 1. The smallest absolute Gasteiger partial charge is 0.185 e. The van der Waals surface area contributed by atoms with E-state index in [1.807, 2.05) is 30.3 Å². The molecule has 3 nitrogen and oxygen atoms in total. The van der Waals surface area contributed by atoms with Crippen molar-refractivity contribution in [3.63, 3.8) is 0 Å². The Kier molecular flexibility index (Phi) is 4.40. The Balaban J connectivity index is 1.83. The average molecular weight is 324 g/mol. The average Bonchev–Trinajstić information content (AvgIpc) is 2.59. The predicted octanol–water partition coefficient (Wildman–Crippen LogP) is 4.79. The van der Waals surface area contributed by atoms with E-state index in [1.165, 1.54) is 13.2 Å². The summed E-state index contributed by atoms with van der Waals surface area (Å²) < 4.78 is 5.08. The van der Waals surface area contributed by atoms with Crippen molar-refractivity contribution in [2.75, 3.05) is 7.11 Å². The molecular formula is C19H14ClNO2. The monoisotopic (exact) mass is 323 g/mol. The summed E-state index contributed by atoms with van der Waals surface area (Å²) in [7, 11) is 1.54. The van der Waals surface area contributed by atoms with Crippen molar-refractivity contribution >= 4 is 34.4 Å². The molecule has 0 saturated heterocycles. The predicted molar refractivity (Wildman–Crippen MR) is 93.1 cm³/mol. The largest absolute Gasteiger partial charge is 0.495 e. The number of hydrogen-bond acceptors (Lipinski definition) is 3. The summed E-state index contributed by atoms with van der Waals surface area (Å²) in [5, 5.41) is 1.45. The quantitative estimate of drug-likeness (QED) is 0.511. The van der Waals surface area contributed by atoms with Crippen LogP contribution in [0.1, 0.15) is 15.9 Å². The number of carbonyl (C=O) groups is 1. The maximum atomic E-state index is 12.2. The number of pyridine rings is 1. The van der Waals surface area contributed by atoms with Crippen molar-refractivity contribution in [2.24, 2.45) is 0 Å². The Morgan fingerprint density at radius 2 is 2.00 bits per heavy atom. The van der Waals surface area contributed by atoms with Crippen LogP contribution in [-0.4, -0.2) is 17.9 Å². The van der Waals surface area contributed by atoms with E-state index in [1.54, 1.807) is 30.5 Å². The molecule has 3 rings (SSSR count). The second kappa shape index (κ2) is 6.63. The molecule has 1 aromatic heterocycles. The van der Waals surface area contributed by atoms with Crippen LogP contribution in [0.2, 0.25) is 5.02 Å². The molecule has 0 atom stereocenters. The summed E-state index contributed by atoms with van der Waals surface area (Å²) >= 11 is 6.04. The Labute approximate surface area is 139 Å². The number of para-hydroxylation sites is 1. The minimum Gasteiger partial charge on any atom is -0.495 e. The van der Waals surface area contributed by atoms with Gasteiger partial charge >= 0.3 is 0 Å². The van der Waals surface area contributed by atoms with Crippen LogP contribution in [-0.2, 0) is 0 Å². The van der Waals surface area contributed by atoms with Gasteiger partial charge in [-0.15, -0.1) is 0 Å². The Bertz CT molecular complexity index is 903. The van der Waals surface area contributed by atoms with Gasteiger partial charge in [0.2, 0.25) is 0 Å². The highest BCUT2D eigenvalue weighted by atomic mass is 35.5. The van der Waals surface area contributed by atoms with Crippen LogP contribution < -0.4 is 4.74 Å². The van der Waals surface area contributed by atoms with Crippen LogP contribution in [0, 0.1) is 0 Å². The fourth-order valence-electron chi connectivity index (χ4n) is 2.27. The molecule has 23 heavy (non-hydrogen) atoms. The third kappa shape index (κ3) is 3.41. The Morgan fingerprint density at radius 3 is 2.78 bits per heavy atom. The topological polar surface area (TPSA) is 39.2 Å². The third-order valence-corrected chi connectivity index (χ3v) is 3.77. The number of ketones is 1. The first-order chi connectivity index (χ1) is 11.2. The second-order valence-electron chi connectivity index (χ2n) is 5.01. The second-order valence-corrected chi connectivity index (χ2v) is 5.42. The highest BCUT2D eigenvalue weighted by molar-refractivity contribution is 6.32. The lowest BCUT2D eigenvalue weighted by Crippen LogP contribution is -1.95. The Morgan fingerprint density at radius 1 is 1.17 bits per heavy atom. The number of methoxy groups -OCH3 is 1. The zero-order valence-corrected chi connectivity index (χ0v) is 13.2. The van der Waals surface area contributed by atoms with E-state index >= 15 is 0 Å². The number of halogens is 1. The summed E-state index contributed by atoms with van der Waals surface area (Å²) in [5.41, 5.74) is 2.32. The van der Waals surface area contributed by atoms with E-state index in [9.17, 15) is 4.79 Å². The fourth-order valence-corrected chi connectivity index (χ4v) is 2.52. The number of rotatable bonds is 4. The molecule has 0 aliphatic heterocycles. The maximum absolute atomic E-state index is 12.2. The number of hydrogen-bond donors (Lipinski definition) is 0. The number of ether oxygens (including phenoxy) is 1. The van der Waals surface area contributed by atoms with Gasteiger partial charge in [0.15, 0.2) is 5.78 Å². The minimum atomic E-state index is -0.122. The minimum absolute atomic E-state index is 0.122. The van der Waals surface area contributed by atoms with Crippen molar-refractivity contribution in [1.82, 2.24) is 4.98 Å². The van der Waals surface area contributed by atoms with Crippen LogP contribution in [0.3, 0.4) is 0 Å². The standard InChI is InChI=1S/C19H14ClNO2/c1-23-19-9-7-15(11-16(19)20)18(22)8-6-13-10-14-4-2-3-5-17(14)21-12-13/h2-12H,1H3/b8-6+. The molecule has 0 aliphatic rings. The van der Waals surface area contributed by atoms with Crippen molar-refractivity contribution < 1.29 is 9.53 Å². The van der Waals surface area contributed by atoms with Gasteiger partial charge in [0.1, 0.15) is 5.75 Å². The first kappa shape index (κ1) is 15.3. The third-order valence-electron chi connectivity index (χ3n) is 3.48. The summed E-state index contributed by atoms with van der Waals surface area (Å²) in [6.07, 6.45) is 5.01. The van der Waals surface area contributed by atoms with Crippen molar-refractivity contribution in [3.05, 3.63) is 77.0 Å². The number of allylic oxidation sites excluding steroid dienone is 1. The van der Waals surface area contributed by atoms with Crippen molar-refractivity contribution in [3.8, 4) is 5.75 Å². The first-order valence-electron chi connectivity index (χ1n) is 7.08. The molecule has 0 fully saturated rings. The SMILES string of the molecule is COc1ccc(C(=O)/C=C/c2cnc3ccccc3c2)cc1Cl. The Hall–Kier alpha value is -2.65. The van der Waals surface area contributed by atoms with Crippen molar-refractivity contribution in [2.45, 2.75) is 0 Å². The molecule has 114 valence electrons. The van der Waals surface area contributed by atoms with E-state index in [4.69, 9.17) is 16.3 Å². The fraction of sp³-hybridized carbons (Fsp3) is 0.0526. The van der Waals surface area contributed by atoms with Gasteiger partial charge in [-0.25, -0.2) is 0 Å². The summed E-state index contributed by atoms with van der Waals surface area (Å²) in [5.74, 6) is 0.425. The molecule has 0 unspecified atom stereocenters. The number of carbonyl (C=O) groups excluding carboxylic acids is 1. The van der Waals surface area contributed by atoms with Gasteiger partial charge in [-0.2, -0.15) is 0 Å². The van der Waals surface area contributed by atoms with Gasteiger partial charge in [0.05, 0.1) is 17.6 Å². The summed E-state index contributed by atoms with van der Waals surface area (Å²) in [6.45, 7) is 0. The number of fused-ring (bicyclic) bond motifs is 1. The van der Waals surface area contributed by atoms with Crippen LogP contribution in [0.15, 0.2) is 60.8 Å². The zero-order valence-electron chi connectivity index (χ0n) is 12.5. The lowest BCUT2D eigenvalue weighted by atomic mass is 10.1. The van der Waals surface area contributed by atoms with Gasteiger partial charge in [0.25, 0.3) is 0 Å². The molecular weight excluding hydrogens is 310 g/mol. The van der Waals surface area contributed by atoms with Crippen LogP contribution >= 0.6 is 11.6 Å². The van der Waals surface area contributed by atoms with Crippen LogP contribution in [0.4, 0.5) is 0 Å². The molecule has 0 spiro atoms. The molecule has 4 heteroatoms. The van der Waals surface area contributed by atoms with Gasteiger partial charge in [0, 0.05) is 17.1 Å². The van der Waals surface area contributed by atoms with Gasteiger partial charge in [-0.3, -0.25) is 9.78 Å². The maximum Gasteiger partial charge on any atom is 0.185 e. The molecule has 0 aliphatic carbocycles. The molecule has 0 amide bonds. The highest BCUT2D eigenvalue weighted by Crippen LogP contribution is 2.25. The molecule has 0 bridgehead atoms. The number of benzene rings is 2. The normalized spacial score (nSPS) is 11.0. The molecule has 1 heterocycles. The van der Waals surface area contributed by atoms with E-state index in [-0.39, 0.29) is 5.78 Å². The van der Waals surface area contributed by atoms with E-state index < -0.39 is 0 Å². The molecule has 0 radical (unpaired) electrons. The van der Waals surface area contributed by atoms with Gasteiger partial charge < -0.3 is 4.74 Å². The van der Waals surface area contributed by atoms with Gasteiger partial charge in [-0.05, 0) is 48.0 Å². The summed E-state index contributed by atoms with van der Waals surface area (Å²) in [4.78, 5) is 16.6. The molecule has 2 aromatic carbocycles. The number of nitrogens with zero attached hydrogens (tertiary/aromatic N) is 1. The highest BCUT2D eigenvalue weighted by Gasteiger charge is 2.06. The summed E-state index contributed by atoms with van der Waals surface area (Å²) in [6, 6.07) is 14.8. The van der Waals surface area contributed by atoms with E-state index in [0.29, 0.717) is 16.3 Å². The first-order valence-corrected chi connectivity index (χ1v) is 7.46. The molecule has 3 aromatic rings. The van der Waals surface area contributed by atoms with Crippen molar-refractivity contribution in [1.29, 1.82) is 0 Å². The van der Waals surface area contributed by atoms with E-state index in [2.05, 4.69) is 4.98 Å². The van der Waals surface area contributed by atoms with Gasteiger partial charge in [-0.1, -0.05) is 29.8 Å². The van der Waals surface area contributed by atoms with Crippen LogP contribution in [0.25, 0.3) is 17.0 Å². The molecule has 0 N–H and O–H groups in total.